The number of carbonyl (C=O) groups is 1. The Labute approximate surface area is 75.2 Å². The van der Waals surface area contributed by atoms with Crippen LogP contribution >= 0.6 is 0 Å². The Morgan fingerprint density at radius 3 is 2.62 bits per heavy atom. The minimum atomic E-state index is -1.02. The molecule has 1 heterocycles. The highest BCUT2D eigenvalue weighted by Gasteiger charge is 2.46. The third kappa shape index (κ3) is 1.80. The van der Waals surface area contributed by atoms with Crippen LogP contribution in [-0.2, 0) is 14.3 Å². The van der Waals surface area contributed by atoms with E-state index in [1.807, 2.05) is 0 Å². The van der Waals surface area contributed by atoms with Crippen LogP contribution in [0.15, 0.2) is 0 Å². The molecule has 1 amide bonds. The Bertz CT molecular complexity index is 197. The number of ether oxygens (including phenoxy) is 2. The van der Waals surface area contributed by atoms with E-state index >= 15 is 0 Å². The van der Waals surface area contributed by atoms with E-state index < -0.39 is 30.3 Å². The smallest absolute Gasteiger partial charge is 0.249 e. The third-order valence-electron chi connectivity index (χ3n) is 2.07. The van der Waals surface area contributed by atoms with Gasteiger partial charge in [-0.25, -0.2) is 0 Å². The molecule has 0 radical (unpaired) electrons. The summed E-state index contributed by atoms with van der Waals surface area (Å²) in [7, 11) is 1.34. The molecule has 4 N–H and O–H groups in total. The van der Waals surface area contributed by atoms with Crippen molar-refractivity contribution in [2.24, 2.45) is 5.73 Å². The van der Waals surface area contributed by atoms with Gasteiger partial charge in [0, 0.05) is 7.11 Å². The average molecular weight is 191 g/mol. The van der Waals surface area contributed by atoms with Gasteiger partial charge in [0.05, 0.1) is 6.61 Å². The van der Waals surface area contributed by atoms with Crippen molar-refractivity contribution in [2.75, 3.05) is 13.7 Å². The molecule has 1 aliphatic rings. The fourth-order valence-corrected chi connectivity index (χ4v) is 1.38. The van der Waals surface area contributed by atoms with Crippen LogP contribution in [0.3, 0.4) is 0 Å². The molecule has 1 saturated heterocycles. The van der Waals surface area contributed by atoms with E-state index in [0.29, 0.717) is 0 Å². The van der Waals surface area contributed by atoms with Crippen LogP contribution in [0.5, 0.6) is 0 Å². The first-order valence-electron chi connectivity index (χ1n) is 3.88. The summed E-state index contributed by atoms with van der Waals surface area (Å²) < 4.78 is 9.83. The Morgan fingerprint density at radius 2 is 2.31 bits per heavy atom. The maximum atomic E-state index is 10.8. The Kier molecular flexibility index (Phi) is 3.21. The van der Waals surface area contributed by atoms with Gasteiger partial charge in [-0.05, 0) is 0 Å². The monoisotopic (exact) mass is 191 g/mol. The Morgan fingerprint density at radius 1 is 1.69 bits per heavy atom. The van der Waals surface area contributed by atoms with E-state index in [4.69, 9.17) is 20.3 Å². The molecular formula is C7H13NO5. The summed E-state index contributed by atoms with van der Waals surface area (Å²) in [6.07, 6.45) is -3.61. The maximum absolute atomic E-state index is 10.8. The fourth-order valence-electron chi connectivity index (χ4n) is 1.38. The van der Waals surface area contributed by atoms with Crippen LogP contribution in [0.1, 0.15) is 0 Å². The zero-order chi connectivity index (χ0) is 10.0. The van der Waals surface area contributed by atoms with Crippen LogP contribution in [0.4, 0.5) is 0 Å². The van der Waals surface area contributed by atoms with Crippen LogP contribution in [0.2, 0.25) is 0 Å². The van der Waals surface area contributed by atoms with Gasteiger partial charge in [-0.15, -0.1) is 0 Å². The molecule has 1 fully saturated rings. The SMILES string of the molecule is CO[C@@H]1[C@H](O)[C@@H](CO)O[C@H]1C(N)=O. The van der Waals surface area contributed by atoms with Gasteiger partial charge in [-0.2, -0.15) is 0 Å². The lowest BCUT2D eigenvalue weighted by atomic mass is 10.1. The minimum Gasteiger partial charge on any atom is -0.394 e. The molecule has 1 aliphatic heterocycles. The van der Waals surface area contributed by atoms with E-state index in [2.05, 4.69) is 0 Å². The number of methoxy groups -OCH3 is 1. The number of aliphatic hydroxyl groups excluding tert-OH is 2. The van der Waals surface area contributed by atoms with Crippen LogP contribution in [0.25, 0.3) is 0 Å². The molecule has 0 aromatic carbocycles. The van der Waals surface area contributed by atoms with E-state index in [1.165, 1.54) is 7.11 Å². The molecule has 0 saturated carbocycles. The molecule has 0 aliphatic carbocycles. The largest absolute Gasteiger partial charge is 0.394 e. The summed E-state index contributed by atoms with van der Waals surface area (Å²) in [5, 5.41) is 18.2. The first-order valence-corrected chi connectivity index (χ1v) is 3.88. The second kappa shape index (κ2) is 4.01. The topological polar surface area (TPSA) is 102 Å². The lowest BCUT2D eigenvalue weighted by molar-refractivity contribution is -0.134. The number of rotatable bonds is 3. The first kappa shape index (κ1) is 10.4. The summed E-state index contributed by atoms with van der Waals surface area (Å²) in [6, 6.07) is 0. The van der Waals surface area contributed by atoms with Crippen molar-refractivity contribution in [3.63, 3.8) is 0 Å². The van der Waals surface area contributed by atoms with E-state index in [9.17, 15) is 9.90 Å². The van der Waals surface area contributed by atoms with Crippen molar-refractivity contribution in [2.45, 2.75) is 24.4 Å². The second-order valence-electron chi connectivity index (χ2n) is 2.87. The average Bonchev–Trinajstić information content (AvgIpc) is 2.42. The predicted octanol–water partition coefficient (Wildman–Crippen LogP) is -2.39. The van der Waals surface area contributed by atoms with Crippen LogP contribution in [-0.4, -0.2) is 54.3 Å². The zero-order valence-electron chi connectivity index (χ0n) is 7.21. The summed E-state index contributed by atoms with van der Waals surface area (Å²) in [5.41, 5.74) is 5.01. The molecule has 0 unspecified atom stereocenters. The number of hydrogen-bond donors (Lipinski definition) is 3. The molecular weight excluding hydrogens is 178 g/mol. The number of primary amides is 1. The van der Waals surface area contributed by atoms with Gasteiger partial charge in [0.25, 0.3) is 0 Å². The molecule has 6 nitrogen and oxygen atoms in total. The Balaban J connectivity index is 2.72. The van der Waals surface area contributed by atoms with Crippen molar-refractivity contribution in [1.29, 1.82) is 0 Å². The van der Waals surface area contributed by atoms with Crippen molar-refractivity contribution < 1.29 is 24.5 Å². The zero-order valence-corrected chi connectivity index (χ0v) is 7.21. The maximum Gasteiger partial charge on any atom is 0.249 e. The molecule has 0 aromatic rings. The normalized spacial score (nSPS) is 39.3. The minimum absolute atomic E-state index is 0.370. The highest BCUT2D eigenvalue weighted by atomic mass is 16.6. The predicted molar refractivity (Wildman–Crippen MR) is 41.7 cm³/mol. The Hall–Kier alpha value is -0.690. The van der Waals surface area contributed by atoms with Crippen LogP contribution in [0, 0.1) is 0 Å². The summed E-state index contributed by atoms with van der Waals surface area (Å²) >= 11 is 0. The molecule has 1 rings (SSSR count). The summed E-state index contributed by atoms with van der Waals surface area (Å²) in [6.45, 7) is -0.370. The molecule has 0 bridgehead atoms. The lowest BCUT2D eigenvalue weighted by Gasteiger charge is -2.15. The molecule has 13 heavy (non-hydrogen) atoms. The highest BCUT2D eigenvalue weighted by Crippen LogP contribution is 2.22. The molecule has 0 spiro atoms. The number of aliphatic hydroxyl groups is 2. The molecule has 0 aromatic heterocycles. The number of hydrogen-bond acceptors (Lipinski definition) is 5. The fraction of sp³-hybridized carbons (Fsp3) is 0.857. The van der Waals surface area contributed by atoms with E-state index in [-0.39, 0.29) is 6.61 Å². The quantitative estimate of drug-likeness (QED) is 0.462. The number of nitrogens with two attached hydrogens (primary N) is 1. The third-order valence-corrected chi connectivity index (χ3v) is 2.07. The van der Waals surface area contributed by atoms with Gasteiger partial charge in [-0.1, -0.05) is 0 Å². The number of carbonyl (C=O) groups excluding carboxylic acids is 1. The van der Waals surface area contributed by atoms with Crippen molar-refractivity contribution >= 4 is 5.91 Å². The molecule has 76 valence electrons. The van der Waals surface area contributed by atoms with Crippen molar-refractivity contribution in [1.82, 2.24) is 0 Å². The number of amides is 1. The van der Waals surface area contributed by atoms with Gasteiger partial charge >= 0.3 is 0 Å². The van der Waals surface area contributed by atoms with Gasteiger partial charge in [0.15, 0.2) is 6.10 Å². The van der Waals surface area contributed by atoms with Crippen molar-refractivity contribution in [3.05, 3.63) is 0 Å². The first-order chi connectivity index (χ1) is 6.11. The van der Waals surface area contributed by atoms with E-state index in [1.54, 1.807) is 0 Å². The highest BCUT2D eigenvalue weighted by molar-refractivity contribution is 5.80. The molecule has 4 atom stereocenters. The van der Waals surface area contributed by atoms with E-state index in [0.717, 1.165) is 0 Å². The van der Waals surface area contributed by atoms with Gasteiger partial charge in [-0.3, -0.25) is 4.79 Å². The standard InChI is InChI=1S/C7H13NO5/c1-12-5-4(10)3(2-9)13-6(5)7(8)11/h3-6,9-10H,2H2,1H3,(H2,8,11)/t3-,4-,5-,6-/m1/s1. The van der Waals surface area contributed by atoms with Gasteiger partial charge < -0.3 is 25.4 Å². The van der Waals surface area contributed by atoms with Crippen LogP contribution < -0.4 is 5.73 Å². The van der Waals surface area contributed by atoms with Crippen molar-refractivity contribution in [3.8, 4) is 0 Å². The second-order valence-corrected chi connectivity index (χ2v) is 2.87. The van der Waals surface area contributed by atoms with Gasteiger partial charge in [0.1, 0.15) is 18.3 Å². The molecule has 6 heteroatoms. The summed E-state index contributed by atoms with van der Waals surface area (Å²) in [4.78, 5) is 10.8. The summed E-state index contributed by atoms with van der Waals surface area (Å²) in [5.74, 6) is -0.707. The van der Waals surface area contributed by atoms with Gasteiger partial charge in [0.2, 0.25) is 5.91 Å². The lowest BCUT2D eigenvalue weighted by Crippen LogP contribution is -2.41.